The molecule has 0 aliphatic rings. The highest BCUT2D eigenvalue weighted by atomic mass is 16.6. The second-order valence-corrected chi connectivity index (χ2v) is 3.03. The molecule has 0 N–H and O–H groups in total. The van der Waals surface area contributed by atoms with Gasteiger partial charge in [-0.05, 0) is 18.4 Å². The van der Waals surface area contributed by atoms with E-state index in [4.69, 9.17) is 0 Å². The maximum Gasteiger partial charge on any atom is 0.269 e. The summed E-state index contributed by atoms with van der Waals surface area (Å²) < 4.78 is 0. The molecule has 0 aliphatic heterocycles. The molecular formula is C10H13NO2. The molecule has 0 saturated heterocycles. The molecule has 3 nitrogen and oxygen atoms in total. The zero-order valence-electron chi connectivity index (χ0n) is 7.69. The van der Waals surface area contributed by atoms with E-state index < -0.39 is 0 Å². The summed E-state index contributed by atoms with van der Waals surface area (Å²) in [7, 11) is 0. The second-order valence-electron chi connectivity index (χ2n) is 3.03. The Bertz CT molecular complexity index is 279. The van der Waals surface area contributed by atoms with Crippen LogP contribution in [0.2, 0.25) is 0 Å². The molecule has 0 spiro atoms. The van der Waals surface area contributed by atoms with Gasteiger partial charge in [-0.15, -0.1) is 0 Å². The van der Waals surface area contributed by atoms with E-state index in [2.05, 4.69) is 6.92 Å². The summed E-state index contributed by atoms with van der Waals surface area (Å²) in [4.78, 5) is 9.96. The molecule has 0 unspecified atom stereocenters. The van der Waals surface area contributed by atoms with Gasteiger partial charge in [0.05, 0.1) is 4.92 Å². The van der Waals surface area contributed by atoms with Crippen molar-refractivity contribution >= 4 is 5.69 Å². The zero-order valence-corrected chi connectivity index (χ0v) is 7.69. The fourth-order valence-electron chi connectivity index (χ4n) is 1.17. The van der Waals surface area contributed by atoms with Gasteiger partial charge < -0.3 is 0 Å². The van der Waals surface area contributed by atoms with Crippen molar-refractivity contribution in [1.82, 2.24) is 0 Å². The number of benzene rings is 1. The van der Waals surface area contributed by atoms with E-state index in [9.17, 15) is 10.1 Å². The van der Waals surface area contributed by atoms with E-state index in [1.54, 1.807) is 12.1 Å². The molecule has 0 atom stereocenters. The normalized spacial score (nSPS) is 9.92. The third-order valence-corrected chi connectivity index (χ3v) is 1.97. The largest absolute Gasteiger partial charge is 0.269 e. The minimum Gasteiger partial charge on any atom is -0.258 e. The van der Waals surface area contributed by atoms with Crippen molar-refractivity contribution in [2.75, 3.05) is 0 Å². The van der Waals surface area contributed by atoms with Crippen molar-refractivity contribution in [2.24, 2.45) is 0 Å². The first-order valence-electron chi connectivity index (χ1n) is 4.47. The molecule has 0 amide bonds. The summed E-state index contributed by atoms with van der Waals surface area (Å²) in [5.41, 5.74) is 1.34. The molecule has 1 rings (SSSR count). The molecule has 13 heavy (non-hydrogen) atoms. The van der Waals surface area contributed by atoms with Gasteiger partial charge in [0.25, 0.3) is 5.69 Å². The van der Waals surface area contributed by atoms with Crippen molar-refractivity contribution in [2.45, 2.75) is 26.2 Å². The van der Waals surface area contributed by atoms with Crippen molar-refractivity contribution < 1.29 is 4.92 Å². The van der Waals surface area contributed by atoms with Gasteiger partial charge in [-0.2, -0.15) is 0 Å². The minimum absolute atomic E-state index is 0.167. The molecule has 70 valence electrons. The van der Waals surface area contributed by atoms with Crippen LogP contribution >= 0.6 is 0 Å². The van der Waals surface area contributed by atoms with Crippen LogP contribution in [0.3, 0.4) is 0 Å². The summed E-state index contributed by atoms with van der Waals surface area (Å²) in [6.45, 7) is 2.13. The summed E-state index contributed by atoms with van der Waals surface area (Å²) in [6.07, 6.45) is 3.29. The van der Waals surface area contributed by atoms with Crippen LogP contribution in [0.25, 0.3) is 0 Å². The third-order valence-electron chi connectivity index (χ3n) is 1.97. The van der Waals surface area contributed by atoms with Gasteiger partial charge >= 0.3 is 0 Å². The van der Waals surface area contributed by atoms with Crippen LogP contribution in [0.1, 0.15) is 25.3 Å². The van der Waals surface area contributed by atoms with Crippen LogP contribution in [-0.4, -0.2) is 4.92 Å². The molecule has 1 aromatic rings. The summed E-state index contributed by atoms with van der Waals surface area (Å²) in [6, 6.07) is 6.78. The first-order chi connectivity index (χ1) is 6.24. The quantitative estimate of drug-likeness (QED) is 0.526. The number of hydrogen-bond acceptors (Lipinski definition) is 2. The Hall–Kier alpha value is -1.38. The molecule has 0 bridgehead atoms. The number of hydrogen-bond donors (Lipinski definition) is 0. The van der Waals surface area contributed by atoms with Crippen LogP contribution < -0.4 is 0 Å². The van der Waals surface area contributed by atoms with Crippen LogP contribution in [0.15, 0.2) is 24.3 Å². The van der Waals surface area contributed by atoms with Crippen molar-refractivity contribution in [3.63, 3.8) is 0 Å². The number of nitro groups is 1. The molecule has 0 saturated carbocycles. The smallest absolute Gasteiger partial charge is 0.258 e. The Kier molecular flexibility index (Phi) is 3.43. The Morgan fingerprint density at radius 1 is 1.31 bits per heavy atom. The molecule has 0 radical (unpaired) electrons. The van der Waals surface area contributed by atoms with Gasteiger partial charge in [-0.3, -0.25) is 10.1 Å². The van der Waals surface area contributed by atoms with Crippen LogP contribution in [0, 0.1) is 10.1 Å². The summed E-state index contributed by atoms with van der Waals surface area (Å²) in [5, 5.41) is 10.3. The highest BCUT2D eigenvalue weighted by Gasteiger charge is 2.02. The van der Waals surface area contributed by atoms with Crippen molar-refractivity contribution in [1.29, 1.82) is 0 Å². The maximum absolute atomic E-state index is 10.3. The first-order valence-corrected chi connectivity index (χ1v) is 4.47. The Morgan fingerprint density at radius 2 is 1.92 bits per heavy atom. The van der Waals surface area contributed by atoms with E-state index >= 15 is 0 Å². The first kappa shape index (κ1) is 9.71. The van der Waals surface area contributed by atoms with Crippen LogP contribution in [0.4, 0.5) is 5.69 Å². The zero-order chi connectivity index (χ0) is 9.68. The van der Waals surface area contributed by atoms with Gasteiger partial charge in [-0.1, -0.05) is 25.5 Å². The lowest BCUT2D eigenvalue weighted by Crippen LogP contribution is -1.89. The van der Waals surface area contributed by atoms with Crippen LogP contribution in [0.5, 0.6) is 0 Å². The fraction of sp³-hybridized carbons (Fsp3) is 0.400. The minimum atomic E-state index is -0.371. The molecule has 0 heterocycles. The van der Waals surface area contributed by atoms with E-state index in [0.29, 0.717) is 0 Å². The van der Waals surface area contributed by atoms with E-state index in [-0.39, 0.29) is 10.6 Å². The lowest BCUT2D eigenvalue weighted by atomic mass is 10.1. The lowest BCUT2D eigenvalue weighted by Gasteiger charge is -1.98. The van der Waals surface area contributed by atoms with E-state index in [1.165, 1.54) is 5.56 Å². The van der Waals surface area contributed by atoms with Gasteiger partial charge in [-0.25, -0.2) is 0 Å². The molecule has 0 aliphatic carbocycles. The number of unbranched alkanes of at least 4 members (excludes halogenated alkanes) is 1. The molecular weight excluding hydrogens is 166 g/mol. The molecule has 3 heteroatoms. The number of nitro benzene ring substituents is 1. The molecule has 0 aromatic heterocycles. The Balaban J connectivity index is 2.64. The number of rotatable bonds is 4. The van der Waals surface area contributed by atoms with E-state index in [1.807, 2.05) is 12.1 Å². The lowest BCUT2D eigenvalue weighted by molar-refractivity contribution is -0.384. The number of aryl methyl sites for hydroxylation is 1. The average molecular weight is 179 g/mol. The van der Waals surface area contributed by atoms with Crippen LogP contribution in [-0.2, 0) is 6.42 Å². The van der Waals surface area contributed by atoms with Crippen molar-refractivity contribution in [3.05, 3.63) is 39.9 Å². The number of non-ortho nitro benzene ring substituents is 1. The Morgan fingerprint density at radius 3 is 2.38 bits per heavy atom. The van der Waals surface area contributed by atoms with Crippen molar-refractivity contribution in [3.8, 4) is 0 Å². The summed E-state index contributed by atoms with van der Waals surface area (Å²) >= 11 is 0. The maximum atomic E-state index is 10.3. The van der Waals surface area contributed by atoms with Gasteiger partial charge in [0.2, 0.25) is 0 Å². The molecule has 1 aromatic carbocycles. The SMILES string of the molecule is CCCCc1ccc([N+](=O)[O-])cc1. The average Bonchev–Trinajstić information content (AvgIpc) is 2.15. The fourth-order valence-corrected chi connectivity index (χ4v) is 1.17. The highest BCUT2D eigenvalue weighted by Crippen LogP contribution is 2.13. The Labute approximate surface area is 77.5 Å². The monoisotopic (exact) mass is 179 g/mol. The predicted molar refractivity (Wildman–Crippen MR) is 51.7 cm³/mol. The third kappa shape index (κ3) is 2.86. The standard InChI is InChI=1S/C10H13NO2/c1-2-3-4-9-5-7-10(8-6-9)11(12)13/h5-8H,2-4H2,1H3. The topological polar surface area (TPSA) is 43.1 Å². The van der Waals surface area contributed by atoms with Gasteiger partial charge in [0, 0.05) is 12.1 Å². The van der Waals surface area contributed by atoms with Gasteiger partial charge in [0.1, 0.15) is 0 Å². The predicted octanol–water partition coefficient (Wildman–Crippen LogP) is 2.94. The second kappa shape index (κ2) is 4.60. The summed E-state index contributed by atoms with van der Waals surface area (Å²) in [5.74, 6) is 0. The van der Waals surface area contributed by atoms with Gasteiger partial charge in [0.15, 0.2) is 0 Å². The van der Waals surface area contributed by atoms with E-state index in [0.717, 1.165) is 19.3 Å². The highest BCUT2D eigenvalue weighted by molar-refractivity contribution is 5.32. The molecule has 0 fully saturated rings. The number of nitrogens with zero attached hydrogens (tertiary/aromatic N) is 1.